The third-order valence-corrected chi connectivity index (χ3v) is 7.56. The van der Waals surface area contributed by atoms with Gasteiger partial charge in [-0.3, -0.25) is 19.4 Å². The van der Waals surface area contributed by atoms with E-state index in [1.165, 1.54) is 4.90 Å². The van der Waals surface area contributed by atoms with E-state index < -0.39 is 0 Å². The van der Waals surface area contributed by atoms with Gasteiger partial charge in [0.25, 0.3) is 0 Å². The number of benzene rings is 1. The summed E-state index contributed by atoms with van der Waals surface area (Å²) in [5, 5.41) is 11.8. The maximum atomic E-state index is 12.8. The van der Waals surface area contributed by atoms with Crippen molar-refractivity contribution in [3.63, 3.8) is 0 Å². The van der Waals surface area contributed by atoms with Crippen molar-refractivity contribution in [1.82, 2.24) is 30.2 Å². The number of carbonyl (C=O) groups excluding carboxylic acids is 1. The summed E-state index contributed by atoms with van der Waals surface area (Å²) in [5.74, 6) is 1.50. The smallest absolute Gasteiger partial charge is 0.224 e. The van der Waals surface area contributed by atoms with Gasteiger partial charge in [0.05, 0.1) is 18.2 Å². The minimum atomic E-state index is 0.0743. The first-order valence-corrected chi connectivity index (χ1v) is 12.2. The van der Waals surface area contributed by atoms with Gasteiger partial charge in [0.1, 0.15) is 0 Å². The summed E-state index contributed by atoms with van der Waals surface area (Å²) >= 11 is 1.78. The number of nitrogens with zero attached hydrogens (tertiary/aromatic N) is 5. The number of fused-ring (bicyclic) bond motifs is 3. The Morgan fingerprint density at radius 1 is 1.19 bits per heavy atom. The molecule has 166 valence electrons. The number of thioether (sulfide) groups is 1. The van der Waals surface area contributed by atoms with Crippen molar-refractivity contribution in [2.75, 3.05) is 13.1 Å². The van der Waals surface area contributed by atoms with Gasteiger partial charge in [0, 0.05) is 48.4 Å². The molecule has 0 aliphatic carbocycles. The molecule has 2 aromatic heterocycles. The van der Waals surface area contributed by atoms with Crippen molar-refractivity contribution in [2.24, 2.45) is 11.8 Å². The number of hydrogen-bond donors (Lipinski definition) is 1. The third-order valence-electron chi connectivity index (χ3n) is 6.52. The van der Waals surface area contributed by atoms with Crippen LogP contribution in [0, 0.1) is 11.8 Å². The van der Waals surface area contributed by atoms with Gasteiger partial charge >= 0.3 is 0 Å². The molecule has 3 fully saturated rings. The van der Waals surface area contributed by atoms with Crippen molar-refractivity contribution in [3.05, 3.63) is 72.3 Å². The summed E-state index contributed by atoms with van der Waals surface area (Å²) in [6.45, 7) is 3.28. The van der Waals surface area contributed by atoms with Crippen molar-refractivity contribution in [2.45, 2.75) is 42.6 Å². The van der Waals surface area contributed by atoms with Crippen LogP contribution in [0.15, 0.2) is 66.0 Å². The molecule has 3 aromatic rings. The minimum absolute atomic E-state index is 0.0743. The molecule has 4 unspecified atom stereocenters. The number of rotatable bonds is 8. The molecule has 1 aromatic carbocycles. The number of piperidine rings is 3. The second kappa shape index (κ2) is 9.83. The summed E-state index contributed by atoms with van der Waals surface area (Å²) in [6.07, 6.45) is 7.75. The zero-order chi connectivity index (χ0) is 21.8. The van der Waals surface area contributed by atoms with Gasteiger partial charge in [-0.25, -0.2) is 0 Å². The van der Waals surface area contributed by atoms with Crippen molar-refractivity contribution in [1.29, 1.82) is 0 Å². The van der Waals surface area contributed by atoms with Gasteiger partial charge in [0.15, 0.2) is 0 Å². The van der Waals surface area contributed by atoms with Gasteiger partial charge in [-0.1, -0.05) is 29.5 Å². The van der Waals surface area contributed by atoms with Crippen LogP contribution < -0.4 is 5.32 Å². The van der Waals surface area contributed by atoms with Crippen molar-refractivity contribution in [3.8, 4) is 0 Å². The average Bonchev–Trinajstić information content (AvgIpc) is 3.30. The minimum Gasteiger partial charge on any atom is -0.352 e. The summed E-state index contributed by atoms with van der Waals surface area (Å²) in [7, 11) is 0. The Kier molecular flexibility index (Phi) is 6.50. The van der Waals surface area contributed by atoms with Crippen molar-refractivity contribution >= 4 is 17.7 Å². The van der Waals surface area contributed by atoms with E-state index in [-0.39, 0.29) is 11.8 Å². The number of pyridine rings is 1. The summed E-state index contributed by atoms with van der Waals surface area (Å²) in [6, 6.07) is 14.7. The van der Waals surface area contributed by atoms with E-state index in [0.29, 0.717) is 18.5 Å². The number of amides is 1. The lowest BCUT2D eigenvalue weighted by Gasteiger charge is -2.49. The molecule has 0 radical (unpaired) electrons. The average molecular weight is 449 g/mol. The number of hydrogen-bond acceptors (Lipinski definition) is 6. The van der Waals surface area contributed by atoms with E-state index >= 15 is 0 Å². The largest absolute Gasteiger partial charge is 0.352 e. The number of nitrogens with one attached hydrogen (secondary N) is 1. The second-order valence-electron chi connectivity index (χ2n) is 8.65. The van der Waals surface area contributed by atoms with Crippen molar-refractivity contribution < 1.29 is 4.79 Å². The Morgan fingerprint density at radius 3 is 2.88 bits per heavy atom. The summed E-state index contributed by atoms with van der Waals surface area (Å²) in [4.78, 5) is 20.7. The Balaban J connectivity index is 1.12. The van der Waals surface area contributed by atoms with Crippen LogP contribution in [-0.4, -0.2) is 49.9 Å². The second-order valence-corrected chi connectivity index (χ2v) is 9.70. The molecule has 3 aliphatic rings. The molecule has 6 rings (SSSR count). The lowest BCUT2D eigenvalue weighted by molar-refractivity contribution is -0.133. The topological polar surface area (TPSA) is 75.9 Å². The molecule has 4 atom stereocenters. The highest BCUT2D eigenvalue weighted by molar-refractivity contribution is 7.98. The van der Waals surface area contributed by atoms with Gasteiger partial charge in [-0.05, 0) is 49.1 Å². The Hall–Kier alpha value is -2.71. The summed E-state index contributed by atoms with van der Waals surface area (Å²) in [5.41, 5.74) is 2.04. The van der Waals surface area contributed by atoms with Crippen LogP contribution >= 0.6 is 11.8 Å². The first kappa shape index (κ1) is 21.2. The molecular formula is C24H28N6OS. The fraction of sp³-hybridized carbons (Fsp3) is 0.417. The lowest BCUT2D eigenvalue weighted by atomic mass is 9.75. The molecule has 8 heteroatoms. The fourth-order valence-electron chi connectivity index (χ4n) is 4.83. The van der Waals surface area contributed by atoms with E-state index in [4.69, 9.17) is 0 Å². The molecule has 3 aliphatic heterocycles. The maximum Gasteiger partial charge on any atom is 0.224 e. The number of carbonyl (C=O) groups is 1. The zero-order valence-electron chi connectivity index (χ0n) is 18.0. The van der Waals surface area contributed by atoms with E-state index in [0.717, 1.165) is 49.5 Å². The maximum absolute atomic E-state index is 12.8. The van der Waals surface area contributed by atoms with Gasteiger partial charge in [-0.2, -0.15) is 0 Å². The van der Waals surface area contributed by atoms with Crippen LogP contribution in [0.2, 0.25) is 0 Å². The van der Waals surface area contributed by atoms with Crippen LogP contribution in [-0.2, 0) is 23.6 Å². The van der Waals surface area contributed by atoms with E-state index in [1.54, 1.807) is 24.2 Å². The third kappa shape index (κ3) is 5.02. The predicted octanol–water partition coefficient (Wildman–Crippen LogP) is 2.99. The number of aromatic nitrogens is 4. The monoisotopic (exact) mass is 448 g/mol. The SMILES string of the molecule is O=C(NCc1cccnc1)C1CN2CCC1CC2Cn1cc(CSc2ccccc2)nn1. The standard InChI is InChI=1S/C24H28N6OS/c31-24(26-13-18-5-4-9-25-12-18)23-16-29-10-8-19(23)11-21(29)15-30-14-20(27-28-30)17-32-22-6-2-1-3-7-22/h1-7,9,12,14,19,21,23H,8,10-11,13,15-17H2,(H,26,31). The van der Waals surface area contributed by atoms with Gasteiger partial charge in [0.2, 0.25) is 5.91 Å². The molecule has 1 N–H and O–H groups in total. The molecule has 0 saturated carbocycles. The molecule has 0 spiro atoms. The van der Waals surface area contributed by atoms with Gasteiger partial charge in [-0.15, -0.1) is 16.9 Å². The molecule has 1 amide bonds. The molecule has 3 saturated heterocycles. The normalized spacial score (nSPS) is 24.4. The molecule has 32 heavy (non-hydrogen) atoms. The Labute approximate surface area is 192 Å². The molecular weight excluding hydrogens is 420 g/mol. The molecule has 7 nitrogen and oxygen atoms in total. The van der Waals surface area contributed by atoms with Crippen LogP contribution in [0.5, 0.6) is 0 Å². The highest BCUT2D eigenvalue weighted by atomic mass is 32.2. The lowest BCUT2D eigenvalue weighted by Crippen LogP contribution is -2.58. The first-order chi connectivity index (χ1) is 15.7. The predicted molar refractivity (Wildman–Crippen MR) is 124 cm³/mol. The highest BCUT2D eigenvalue weighted by Crippen LogP contribution is 2.37. The Bertz CT molecular complexity index is 1030. The van der Waals surface area contributed by atoms with E-state index in [1.807, 2.05) is 22.9 Å². The van der Waals surface area contributed by atoms with Crippen LogP contribution in [0.3, 0.4) is 0 Å². The highest BCUT2D eigenvalue weighted by Gasteiger charge is 2.43. The zero-order valence-corrected chi connectivity index (χ0v) is 18.8. The first-order valence-electron chi connectivity index (χ1n) is 11.2. The molecule has 5 heterocycles. The Morgan fingerprint density at radius 2 is 2.09 bits per heavy atom. The fourth-order valence-corrected chi connectivity index (χ4v) is 5.63. The molecule has 2 bridgehead atoms. The van der Waals surface area contributed by atoms with Crippen LogP contribution in [0.1, 0.15) is 24.1 Å². The summed E-state index contributed by atoms with van der Waals surface area (Å²) < 4.78 is 1.98. The van der Waals surface area contributed by atoms with E-state index in [9.17, 15) is 4.79 Å². The van der Waals surface area contributed by atoms with Gasteiger partial charge < -0.3 is 5.32 Å². The van der Waals surface area contributed by atoms with Crippen LogP contribution in [0.25, 0.3) is 0 Å². The quantitative estimate of drug-likeness (QED) is 0.534. The van der Waals surface area contributed by atoms with E-state index in [2.05, 4.69) is 56.0 Å². The van der Waals surface area contributed by atoms with Crippen LogP contribution in [0.4, 0.5) is 0 Å².